The van der Waals surface area contributed by atoms with Crippen LogP contribution in [0.4, 0.5) is 0 Å². The Hall–Kier alpha value is -3.73. The van der Waals surface area contributed by atoms with E-state index in [0.29, 0.717) is 29.5 Å². The number of carbonyl (C=O) groups excluding carboxylic acids is 3. The van der Waals surface area contributed by atoms with Crippen LogP contribution in [0.3, 0.4) is 0 Å². The predicted molar refractivity (Wildman–Crippen MR) is 145 cm³/mol. The van der Waals surface area contributed by atoms with Gasteiger partial charge in [0.05, 0.1) is 23.3 Å². The lowest BCUT2D eigenvalue weighted by molar-refractivity contribution is 0.0396. The highest BCUT2D eigenvalue weighted by Gasteiger charge is 2.15. The second kappa shape index (κ2) is 14.7. The van der Waals surface area contributed by atoms with Crippen molar-refractivity contribution in [2.75, 3.05) is 6.61 Å². The van der Waals surface area contributed by atoms with Gasteiger partial charge in [0.25, 0.3) is 0 Å². The summed E-state index contributed by atoms with van der Waals surface area (Å²) in [5.74, 6) is -1.69. The molecule has 0 amide bonds. The van der Waals surface area contributed by atoms with E-state index in [1.165, 1.54) is 5.56 Å². The van der Waals surface area contributed by atoms with E-state index < -0.39 is 11.9 Å². The van der Waals surface area contributed by atoms with E-state index in [0.717, 1.165) is 49.7 Å². The molecule has 0 radical (unpaired) electrons. The van der Waals surface area contributed by atoms with Gasteiger partial charge in [-0.15, -0.1) is 0 Å². The molecule has 0 saturated heterocycles. The number of rotatable bonds is 13. The van der Waals surface area contributed by atoms with Crippen LogP contribution in [-0.2, 0) is 28.7 Å². The molecular formula is C32H36O5. The van der Waals surface area contributed by atoms with Crippen molar-refractivity contribution in [3.8, 4) is 0 Å². The Balaban J connectivity index is 1.45. The molecule has 0 N–H and O–H groups in total. The molecule has 3 rings (SSSR count). The third-order valence-corrected chi connectivity index (χ3v) is 6.21. The number of hydrogen-bond donors (Lipinski definition) is 0. The van der Waals surface area contributed by atoms with E-state index in [4.69, 9.17) is 9.47 Å². The van der Waals surface area contributed by atoms with Crippen LogP contribution in [0.1, 0.15) is 93.7 Å². The Morgan fingerprint density at radius 2 is 1.08 bits per heavy atom. The van der Waals surface area contributed by atoms with Gasteiger partial charge in [0.1, 0.15) is 0 Å². The fourth-order valence-corrected chi connectivity index (χ4v) is 3.96. The summed E-state index contributed by atoms with van der Waals surface area (Å²) in [7, 11) is 0. The molecule has 0 spiro atoms. The van der Waals surface area contributed by atoms with E-state index in [1.807, 2.05) is 42.5 Å². The summed E-state index contributed by atoms with van der Waals surface area (Å²) in [5.41, 5.74) is 4.48. The topological polar surface area (TPSA) is 69.7 Å². The van der Waals surface area contributed by atoms with Crippen molar-refractivity contribution in [3.63, 3.8) is 0 Å². The zero-order chi connectivity index (χ0) is 26.5. The van der Waals surface area contributed by atoms with E-state index in [1.54, 1.807) is 30.3 Å². The van der Waals surface area contributed by atoms with Crippen LogP contribution in [0.15, 0.2) is 72.8 Å². The third kappa shape index (κ3) is 9.02. The molecule has 5 nitrogen and oxygen atoms in total. The first-order chi connectivity index (χ1) is 18.0. The Morgan fingerprint density at radius 3 is 1.65 bits per heavy atom. The van der Waals surface area contributed by atoms with Crippen LogP contribution in [0, 0.1) is 0 Å². The highest BCUT2D eigenvalue weighted by atomic mass is 16.6. The summed E-state index contributed by atoms with van der Waals surface area (Å²) in [6.45, 7) is 4.57. The lowest BCUT2D eigenvalue weighted by Gasteiger charge is -2.08. The van der Waals surface area contributed by atoms with E-state index >= 15 is 0 Å². The van der Waals surface area contributed by atoms with E-state index in [9.17, 15) is 14.4 Å². The molecule has 0 heterocycles. The summed E-state index contributed by atoms with van der Waals surface area (Å²) in [4.78, 5) is 37.2. The average Bonchev–Trinajstić information content (AvgIpc) is 2.93. The van der Waals surface area contributed by atoms with E-state index in [-0.39, 0.29) is 12.6 Å². The number of hydrogen-bond acceptors (Lipinski definition) is 5. The van der Waals surface area contributed by atoms with Gasteiger partial charge >= 0.3 is 17.9 Å². The van der Waals surface area contributed by atoms with Crippen molar-refractivity contribution in [1.82, 2.24) is 0 Å². The van der Waals surface area contributed by atoms with Crippen LogP contribution >= 0.6 is 0 Å². The first kappa shape index (κ1) is 27.9. The average molecular weight is 501 g/mol. The lowest BCUT2D eigenvalue weighted by Crippen LogP contribution is -2.13. The Morgan fingerprint density at radius 1 is 0.568 bits per heavy atom. The number of unbranched alkanes of at least 4 members (excludes halogenated alkanes) is 2. The summed E-state index contributed by atoms with van der Waals surface area (Å²) in [6, 6.07) is 21.7. The van der Waals surface area contributed by atoms with Gasteiger partial charge in [0, 0.05) is 0 Å². The van der Waals surface area contributed by atoms with Crippen LogP contribution < -0.4 is 0 Å². The molecule has 0 aromatic heterocycles. The molecule has 0 aliphatic heterocycles. The predicted octanol–water partition coefficient (Wildman–Crippen LogP) is 7.16. The Labute approximate surface area is 219 Å². The zero-order valence-electron chi connectivity index (χ0n) is 21.8. The minimum Gasteiger partial charge on any atom is -0.462 e. The van der Waals surface area contributed by atoms with Gasteiger partial charge in [-0.3, -0.25) is 0 Å². The molecule has 0 atom stereocenters. The molecule has 0 aliphatic rings. The normalized spacial score (nSPS) is 10.6. The largest absolute Gasteiger partial charge is 0.462 e. The second-order valence-corrected chi connectivity index (χ2v) is 9.22. The summed E-state index contributed by atoms with van der Waals surface area (Å²) in [6.07, 6.45) is 7.68. The number of carbonyl (C=O) groups is 3. The van der Waals surface area contributed by atoms with E-state index in [2.05, 4.69) is 13.8 Å². The molecule has 0 aliphatic carbocycles. The van der Waals surface area contributed by atoms with Crippen molar-refractivity contribution in [1.29, 1.82) is 0 Å². The number of esters is 3. The quantitative estimate of drug-likeness (QED) is 0.141. The molecule has 5 heteroatoms. The molecular weight excluding hydrogens is 464 g/mol. The van der Waals surface area contributed by atoms with Crippen molar-refractivity contribution < 1.29 is 23.9 Å². The smallest absolute Gasteiger partial charge is 0.346 e. The third-order valence-electron chi connectivity index (χ3n) is 6.21. The monoisotopic (exact) mass is 500 g/mol. The SMILES string of the molecule is CCCCc1ccc(C(=O)OCCCc2cccc(C(=O)OC(=O)c3ccc(CCCC)cc3)c2)cc1. The minimum atomic E-state index is -0.685. The maximum absolute atomic E-state index is 12.5. The lowest BCUT2D eigenvalue weighted by atomic mass is 10.1. The van der Waals surface area contributed by atoms with Gasteiger partial charge in [0.2, 0.25) is 0 Å². The second-order valence-electron chi connectivity index (χ2n) is 9.22. The Bertz CT molecular complexity index is 1160. The first-order valence-electron chi connectivity index (χ1n) is 13.2. The van der Waals surface area contributed by atoms with Crippen LogP contribution in [-0.4, -0.2) is 24.5 Å². The van der Waals surface area contributed by atoms with Crippen LogP contribution in [0.2, 0.25) is 0 Å². The molecule has 3 aromatic carbocycles. The van der Waals surface area contributed by atoms with Gasteiger partial charge in [0.15, 0.2) is 0 Å². The molecule has 0 bridgehead atoms. The number of benzene rings is 3. The fourth-order valence-electron chi connectivity index (χ4n) is 3.96. The maximum Gasteiger partial charge on any atom is 0.346 e. The first-order valence-corrected chi connectivity index (χ1v) is 13.2. The molecule has 0 unspecified atom stereocenters. The summed E-state index contributed by atoms with van der Waals surface area (Å²) >= 11 is 0. The molecule has 0 saturated carbocycles. The minimum absolute atomic E-state index is 0.276. The molecule has 3 aromatic rings. The number of aryl methyl sites for hydroxylation is 3. The highest BCUT2D eigenvalue weighted by molar-refractivity contribution is 6.02. The standard InChI is InChI=1S/C32H36O5/c1-3-5-9-24-14-18-27(19-15-24)30(33)36-22-8-12-26-11-7-13-29(23-26)32(35)37-31(34)28-20-16-25(17-21-28)10-6-4-2/h7,11,13-21,23H,3-6,8-10,12,22H2,1-2H3. The van der Waals surface area contributed by atoms with Crippen LogP contribution in [0.5, 0.6) is 0 Å². The van der Waals surface area contributed by atoms with Crippen molar-refractivity contribution in [3.05, 3.63) is 106 Å². The maximum atomic E-state index is 12.5. The number of ether oxygens (including phenoxy) is 2. The summed E-state index contributed by atoms with van der Waals surface area (Å²) in [5, 5.41) is 0. The highest BCUT2D eigenvalue weighted by Crippen LogP contribution is 2.14. The van der Waals surface area contributed by atoms with Crippen LogP contribution in [0.25, 0.3) is 0 Å². The molecule has 0 fully saturated rings. The van der Waals surface area contributed by atoms with Gasteiger partial charge in [-0.05, 0) is 91.6 Å². The zero-order valence-corrected chi connectivity index (χ0v) is 21.8. The van der Waals surface area contributed by atoms with Crippen molar-refractivity contribution >= 4 is 17.9 Å². The van der Waals surface area contributed by atoms with Crippen molar-refractivity contribution in [2.24, 2.45) is 0 Å². The van der Waals surface area contributed by atoms with Gasteiger partial charge in [-0.2, -0.15) is 0 Å². The van der Waals surface area contributed by atoms with Gasteiger partial charge in [-0.1, -0.05) is 63.1 Å². The van der Waals surface area contributed by atoms with Gasteiger partial charge < -0.3 is 9.47 Å². The van der Waals surface area contributed by atoms with Gasteiger partial charge in [-0.25, -0.2) is 14.4 Å². The molecule has 194 valence electrons. The Kier molecular flexibility index (Phi) is 11.1. The molecule has 37 heavy (non-hydrogen) atoms. The fraction of sp³-hybridized carbons (Fsp3) is 0.344. The summed E-state index contributed by atoms with van der Waals surface area (Å²) < 4.78 is 10.5. The van der Waals surface area contributed by atoms with Crippen molar-refractivity contribution in [2.45, 2.75) is 65.2 Å².